The Bertz CT molecular complexity index is 288. The number of aromatic amines is 1. The first-order chi connectivity index (χ1) is 4.86. The summed E-state index contributed by atoms with van der Waals surface area (Å²) in [6, 6.07) is 1.58. The molecule has 1 fully saturated rings. The van der Waals surface area contributed by atoms with E-state index >= 15 is 0 Å². The van der Waals surface area contributed by atoms with Crippen LogP contribution in [0, 0.1) is 0 Å². The molecule has 1 saturated carbocycles. The van der Waals surface area contributed by atoms with E-state index in [9.17, 15) is 4.79 Å². The normalized spacial score (nSPS) is 17.2. The van der Waals surface area contributed by atoms with Crippen LogP contribution in [0.25, 0.3) is 0 Å². The minimum atomic E-state index is -0.138. The third kappa shape index (κ3) is 0.943. The average molecular weight is 136 g/mol. The Morgan fingerprint density at radius 3 is 3.00 bits per heavy atom. The molecular formula is C7H8N2O. The fourth-order valence-electron chi connectivity index (χ4n) is 1.01. The van der Waals surface area contributed by atoms with E-state index < -0.39 is 0 Å². The van der Waals surface area contributed by atoms with Gasteiger partial charge in [-0.25, -0.2) is 0 Å². The number of H-pyrrole nitrogens is 1. The van der Waals surface area contributed by atoms with E-state index in [0.29, 0.717) is 5.92 Å². The summed E-state index contributed by atoms with van der Waals surface area (Å²) < 4.78 is 0. The van der Waals surface area contributed by atoms with Crippen LogP contribution in [0.4, 0.5) is 0 Å². The molecule has 0 spiro atoms. The zero-order chi connectivity index (χ0) is 6.97. The molecule has 1 aliphatic rings. The van der Waals surface area contributed by atoms with Gasteiger partial charge >= 0.3 is 0 Å². The number of hydrogen-bond donors (Lipinski definition) is 1. The van der Waals surface area contributed by atoms with Gasteiger partial charge < -0.3 is 4.98 Å². The Morgan fingerprint density at radius 1 is 1.60 bits per heavy atom. The van der Waals surface area contributed by atoms with Gasteiger partial charge in [-0.2, -0.15) is 4.98 Å². The van der Waals surface area contributed by atoms with E-state index in [1.54, 1.807) is 6.07 Å². The van der Waals surface area contributed by atoms with E-state index in [0.717, 1.165) is 5.69 Å². The fourth-order valence-corrected chi connectivity index (χ4v) is 1.01. The van der Waals surface area contributed by atoms with E-state index in [1.165, 1.54) is 19.2 Å². The molecule has 3 heteroatoms. The molecule has 10 heavy (non-hydrogen) atoms. The van der Waals surface area contributed by atoms with Gasteiger partial charge in [0.1, 0.15) is 0 Å². The van der Waals surface area contributed by atoms with Crippen molar-refractivity contribution in [1.29, 1.82) is 0 Å². The number of nitrogens with zero attached hydrogens (tertiary/aromatic N) is 1. The molecule has 0 bridgehead atoms. The summed E-state index contributed by atoms with van der Waals surface area (Å²) in [7, 11) is 0. The number of hydrogen-bond acceptors (Lipinski definition) is 2. The van der Waals surface area contributed by atoms with Crippen LogP contribution in [-0.2, 0) is 0 Å². The topological polar surface area (TPSA) is 45.8 Å². The predicted octanol–water partition coefficient (Wildman–Crippen LogP) is 0.647. The average Bonchev–Trinajstić information content (AvgIpc) is 2.68. The zero-order valence-electron chi connectivity index (χ0n) is 5.50. The van der Waals surface area contributed by atoms with Crippen molar-refractivity contribution in [3.05, 3.63) is 28.4 Å². The molecule has 0 aromatic carbocycles. The van der Waals surface area contributed by atoms with Crippen LogP contribution < -0.4 is 5.56 Å². The van der Waals surface area contributed by atoms with Crippen LogP contribution in [0.5, 0.6) is 0 Å². The van der Waals surface area contributed by atoms with Crippen molar-refractivity contribution in [2.75, 3.05) is 0 Å². The van der Waals surface area contributed by atoms with E-state index in [1.807, 2.05) is 0 Å². The molecule has 3 nitrogen and oxygen atoms in total. The Morgan fingerprint density at radius 2 is 2.40 bits per heavy atom. The summed E-state index contributed by atoms with van der Waals surface area (Å²) in [5, 5.41) is 0. The standard InChI is InChI=1S/C7H8N2O/c10-7-3-6(5-1-2-5)8-4-9-7/h3-5H,1-2H2,(H,8,9,10). The Labute approximate surface area is 58.1 Å². The second-order valence-electron chi connectivity index (χ2n) is 2.61. The summed E-state index contributed by atoms with van der Waals surface area (Å²) in [5.41, 5.74) is 0.903. The largest absolute Gasteiger partial charge is 0.349 e. The van der Waals surface area contributed by atoms with Gasteiger partial charge in [0.2, 0.25) is 0 Å². The molecule has 52 valence electrons. The highest BCUT2D eigenvalue weighted by Gasteiger charge is 2.24. The van der Waals surface area contributed by atoms with Gasteiger partial charge in [0, 0.05) is 11.8 Å². The van der Waals surface area contributed by atoms with E-state index in [4.69, 9.17) is 0 Å². The lowest BCUT2D eigenvalue weighted by atomic mass is 10.3. The van der Waals surface area contributed by atoms with Gasteiger partial charge in [0.15, 0.2) is 0 Å². The van der Waals surface area contributed by atoms with Gasteiger partial charge in [0.25, 0.3) is 5.56 Å². The smallest absolute Gasteiger partial charge is 0.272 e. The van der Waals surface area contributed by atoms with Crippen LogP contribution in [-0.4, -0.2) is 9.97 Å². The molecule has 1 aromatic rings. The molecule has 0 saturated heterocycles. The number of nitrogens with one attached hydrogen (secondary N) is 1. The minimum absolute atomic E-state index is 0.138. The summed E-state index contributed by atoms with van der Waals surface area (Å²) in [6.07, 6.45) is 3.88. The van der Waals surface area contributed by atoms with Gasteiger partial charge in [-0.05, 0) is 18.8 Å². The first kappa shape index (κ1) is 5.65. The lowest BCUT2D eigenvalue weighted by Crippen LogP contribution is -2.05. The first-order valence-corrected chi connectivity index (χ1v) is 3.41. The lowest BCUT2D eigenvalue weighted by molar-refractivity contribution is 0.969. The molecule has 1 aromatic heterocycles. The second-order valence-corrected chi connectivity index (χ2v) is 2.61. The van der Waals surface area contributed by atoms with Gasteiger partial charge in [0.05, 0.1) is 6.33 Å². The molecule has 0 unspecified atom stereocenters. The van der Waals surface area contributed by atoms with Crippen molar-refractivity contribution in [2.24, 2.45) is 0 Å². The van der Waals surface area contributed by atoms with Crippen molar-refractivity contribution in [2.45, 2.75) is 18.8 Å². The van der Waals surface area contributed by atoms with Crippen LogP contribution in [0.15, 0.2) is 17.2 Å². The molecule has 1 heterocycles. The third-order valence-electron chi connectivity index (χ3n) is 1.72. The molecule has 1 aliphatic carbocycles. The fraction of sp³-hybridized carbons (Fsp3) is 0.429. The quantitative estimate of drug-likeness (QED) is 0.616. The van der Waals surface area contributed by atoms with Crippen molar-refractivity contribution in [3.63, 3.8) is 0 Å². The second kappa shape index (κ2) is 1.94. The maximum atomic E-state index is 10.7. The van der Waals surface area contributed by atoms with Crippen LogP contribution in [0.3, 0.4) is 0 Å². The molecular weight excluding hydrogens is 128 g/mol. The highest BCUT2D eigenvalue weighted by molar-refractivity contribution is 5.11. The van der Waals surface area contributed by atoms with Gasteiger partial charge in [-0.15, -0.1) is 0 Å². The maximum Gasteiger partial charge on any atom is 0.272 e. The molecule has 0 aliphatic heterocycles. The van der Waals surface area contributed by atoms with Gasteiger partial charge in [-0.1, -0.05) is 0 Å². The number of aromatic nitrogens is 2. The van der Waals surface area contributed by atoms with Crippen molar-refractivity contribution < 1.29 is 0 Å². The van der Waals surface area contributed by atoms with Crippen LogP contribution >= 0.6 is 0 Å². The lowest BCUT2D eigenvalue weighted by Gasteiger charge is -1.92. The van der Waals surface area contributed by atoms with Crippen molar-refractivity contribution in [1.82, 2.24) is 9.97 Å². The molecule has 0 radical (unpaired) electrons. The molecule has 0 amide bonds. The van der Waals surface area contributed by atoms with Crippen LogP contribution in [0.2, 0.25) is 0 Å². The third-order valence-corrected chi connectivity index (χ3v) is 1.72. The van der Waals surface area contributed by atoms with E-state index in [2.05, 4.69) is 9.97 Å². The monoisotopic (exact) mass is 136 g/mol. The Hall–Kier alpha value is -1.12. The summed E-state index contributed by atoms with van der Waals surface area (Å²) in [4.78, 5) is 17.2. The molecule has 2 rings (SSSR count). The Kier molecular flexibility index (Phi) is 1.09. The molecule has 1 N–H and O–H groups in total. The zero-order valence-corrected chi connectivity index (χ0v) is 5.50. The SMILES string of the molecule is O=c1cc(C2CC2)[nH]cn1. The molecule has 0 atom stereocenters. The minimum Gasteiger partial charge on any atom is -0.349 e. The van der Waals surface area contributed by atoms with Crippen molar-refractivity contribution >= 4 is 0 Å². The number of rotatable bonds is 1. The summed E-state index contributed by atoms with van der Waals surface area (Å²) >= 11 is 0. The first-order valence-electron chi connectivity index (χ1n) is 3.41. The summed E-state index contributed by atoms with van der Waals surface area (Å²) in [5.74, 6) is 0.607. The van der Waals surface area contributed by atoms with Gasteiger partial charge in [-0.3, -0.25) is 4.79 Å². The summed E-state index contributed by atoms with van der Waals surface area (Å²) in [6.45, 7) is 0. The predicted molar refractivity (Wildman–Crippen MR) is 36.8 cm³/mol. The highest BCUT2D eigenvalue weighted by Crippen LogP contribution is 2.37. The van der Waals surface area contributed by atoms with Crippen molar-refractivity contribution in [3.8, 4) is 0 Å². The van der Waals surface area contributed by atoms with E-state index in [-0.39, 0.29) is 5.56 Å². The maximum absolute atomic E-state index is 10.7. The van der Waals surface area contributed by atoms with Crippen LogP contribution in [0.1, 0.15) is 24.5 Å². The Balaban J connectivity index is 2.41. The highest BCUT2D eigenvalue weighted by atomic mass is 16.1.